The van der Waals surface area contributed by atoms with Crippen LogP contribution in [0.3, 0.4) is 0 Å². The summed E-state index contributed by atoms with van der Waals surface area (Å²) < 4.78 is 86.6. The molecule has 6 rings (SSSR count). The lowest BCUT2D eigenvalue weighted by Gasteiger charge is -2.11. The molecule has 0 atom stereocenters. The Kier molecular flexibility index (Phi) is 38.2. The van der Waals surface area contributed by atoms with Crippen LogP contribution in [0.25, 0.3) is 0 Å². The van der Waals surface area contributed by atoms with Gasteiger partial charge in [0.25, 0.3) is 41.1 Å². The van der Waals surface area contributed by atoms with Crippen molar-refractivity contribution in [1.82, 2.24) is 31.9 Å². The molecule has 0 spiro atoms. The van der Waals surface area contributed by atoms with E-state index in [1.807, 2.05) is 51.1 Å². The molecule has 0 heterocycles. The average Bonchev–Trinajstić information content (AvgIpc) is 3.51. The number of alkyl halides is 6. The Labute approximate surface area is 499 Å². The van der Waals surface area contributed by atoms with Gasteiger partial charge >= 0.3 is 12.4 Å². The molecule has 0 aliphatic heterocycles. The van der Waals surface area contributed by atoms with Crippen molar-refractivity contribution < 1.29 is 64.4 Å². The van der Waals surface area contributed by atoms with Gasteiger partial charge in [0.1, 0.15) is 11.4 Å². The first-order valence-corrected chi connectivity index (χ1v) is 23.9. The number of nitro groups is 1. The third-order valence-corrected chi connectivity index (χ3v) is 11.3. The van der Waals surface area contributed by atoms with Crippen molar-refractivity contribution in [3.05, 3.63) is 212 Å². The highest BCUT2D eigenvalue weighted by Gasteiger charge is 2.35. The van der Waals surface area contributed by atoms with E-state index in [9.17, 15) is 69.6 Å². The normalized spacial score (nSPS) is 9.69. The van der Waals surface area contributed by atoms with E-state index < -0.39 is 57.5 Å². The zero-order valence-corrected chi connectivity index (χ0v) is 46.4. The van der Waals surface area contributed by atoms with E-state index in [4.69, 9.17) is 46.4 Å². The molecule has 83 heavy (non-hydrogen) atoms. The van der Waals surface area contributed by atoms with Crippen LogP contribution in [0, 0.1) is 36.7 Å². The summed E-state index contributed by atoms with van der Waals surface area (Å²) in [5.74, 6) is -3.47. The van der Waals surface area contributed by atoms with Crippen LogP contribution in [0.15, 0.2) is 115 Å². The van der Waals surface area contributed by atoms with Crippen molar-refractivity contribution in [2.75, 3.05) is 42.3 Å². The van der Waals surface area contributed by atoms with E-state index in [1.165, 1.54) is 52.0 Å². The Hall–Kier alpha value is -7.79. The van der Waals surface area contributed by atoms with Crippen LogP contribution in [0.4, 0.5) is 36.4 Å². The Bertz CT molecular complexity index is 3030. The van der Waals surface area contributed by atoms with Gasteiger partial charge in [-0.2, -0.15) is 26.3 Å². The molecule has 6 amide bonds. The molecule has 15 nitrogen and oxygen atoms in total. The van der Waals surface area contributed by atoms with Crippen molar-refractivity contribution in [3.8, 4) is 0 Å². The van der Waals surface area contributed by atoms with E-state index in [0.29, 0.717) is 32.3 Å². The molecular weight excluding hydrogens is 1190 g/mol. The van der Waals surface area contributed by atoms with Gasteiger partial charge in [-0.1, -0.05) is 124 Å². The smallest absolute Gasteiger partial charge is 0.355 e. The predicted octanol–water partition coefficient (Wildman–Crippen LogP) is 14.4. The van der Waals surface area contributed by atoms with Crippen LogP contribution in [0.1, 0.15) is 120 Å². The number of carbonyl (C=O) groups is 6. The number of carbonyl (C=O) groups excluding carboxylic acids is 6. The summed E-state index contributed by atoms with van der Waals surface area (Å²) in [5, 5.41) is 25.9. The van der Waals surface area contributed by atoms with Gasteiger partial charge in [-0.05, 0) is 98.6 Å². The topological polar surface area (TPSA) is 218 Å². The minimum atomic E-state index is -4.75. The second-order valence-corrected chi connectivity index (χ2v) is 17.1. The highest BCUT2D eigenvalue weighted by atomic mass is 35.5. The minimum absolute atomic E-state index is 0. The van der Waals surface area contributed by atoms with E-state index >= 15 is 0 Å². The van der Waals surface area contributed by atoms with Crippen molar-refractivity contribution in [3.63, 3.8) is 0 Å². The predicted molar refractivity (Wildman–Crippen MR) is 317 cm³/mol. The highest BCUT2D eigenvalue weighted by molar-refractivity contribution is 6.39. The molecule has 0 radical (unpaired) electrons. The fraction of sp³-hybridized carbons (Fsp3) is 0.263. The van der Waals surface area contributed by atoms with Gasteiger partial charge in [0.2, 0.25) is 0 Å². The second-order valence-electron chi connectivity index (χ2n) is 15.5. The summed E-state index contributed by atoms with van der Waals surface area (Å²) in [5.41, 5.74) is 1.68. The van der Waals surface area contributed by atoms with Crippen molar-refractivity contribution in [1.29, 1.82) is 0 Å². The minimum Gasteiger partial charge on any atom is -0.355 e. The van der Waals surface area contributed by atoms with Gasteiger partial charge < -0.3 is 31.9 Å². The third kappa shape index (κ3) is 25.9. The van der Waals surface area contributed by atoms with E-state index in [-0.39, 0.29) is 69.3 Å². The third-order valence-electron chi connectivity index (χ3n) is 10.0. The Morgan fingerprint density at radius 1 is 0.434 bits per heavy atom. The summed E-state index contributed by atoms with van der Waals surface area (Å²) in [6.07, 6.45) is -9.22. The van der Waals surface area contributed by atoms with E-state index in [1.54, 1.807) is 44.4 Å². The van der Waals surface area contributed by atoms with Gasteiger partial charge in [0.05, 0.1) is 58.4 Å². The van der Waals surface area contributed by atoms with Crippen molar-refractivity contribution in [2.24, 2.45) is 0 Å². The maximum Gasteiger partial charge on any atom is 0.417 e. The van der Waals surface area contributed by atoms with E-state index in [0.717, 1.165) is 47.0 Å². The number of aryl methyl sites for hydroxylation is 3. The number of rotatable bonds is 7. The van der Waals surface area contributed by atoms with Crippen LogP contribution in [0.2, 0.25) is 20.1 Å². The first-order chi connectivity index (χ1) is 36.9. The van der Waals surface area contributed by atoms with Crippen molar-refractivity contribution >= 4 is 87.5 Å². The maximum absolute atomic E-state index is 12.6. The average molecular weight is 1250 g/mol. The zero-order chi connectivity index (χ0) is 60.5. The molecule has 0 unspecified atom stereocenters. The molecule has 6 aromatic carbocycles. The number of benzene rings is 6. The van der Waals surface area contributed by atoms with Crippen LogP contribution in [-0.2, 0) is 12.4 Å². The Morgan fingerprint density at radius 3 is 1.30 bits per heavy atom. The first-order valence-electron chi connectivity index (χ1n) is 22.4. The number of amides is 6. The quantitative estimate of drug-likeness (QED) is 0.0512. The molecule has 0 aliphatic carbocycles. The molecule has 26 heteroatoms. The lowest BCUT2D eigenvalue weighted by molar-refractivity contribution is -0.385. The van der Waals surface area contributed by atoms with E-state index in [2.05, 4.69) is 31.9 Å². The summed E-state index contributed by atoms with van der Waals surface area (Å²) in [6, 6.07) is 26.4. The number of nitrogens with one attached hydrogen (secondary N) is 6. The standard InChI is InChI=1S/C10H13NO.C9H7ClF3NO.C9H10ClNO.C9H7F4NO.C8H7Cl2NO.C8H8N2O3.4CH4/c1-7-4-5-9(8(2)6-7)10(12)11-3;1-14-8(15)6-4-5(9(11,12)13)2-3-7(6)10;1-6-4-3-5-7(10)8(6)9(12)11-2;1-14-8(15)6-3-2-5(10)4-7(6)9(11,12)13;1-11-8(12)7-5(9)3-2-4-6(7)10;1-9-8(11)6-4-2-3-5-7(6)10(12)13;;;;/h4-6H,1-3H3,(H,11,12);2-4H,1H3,(H,14,15);3-5H,1-2H3,(H,11,12);2-4H,1H3,(H,14,15);2-4H,1H3,(H,11,12);2-5H,1H3,(H,9,11);4*1H4. The number of hydrogen-bond acceptors (Lipinski definition) is 8. The molecule has 0 saturated carbocycles. The largest absolute Gasteiger partial charge is 0.417 e. The van der Waals surface area contributed by atoms with Crippen LogP contribution in [-0.4, -0.2) is 82.7 Å². The van der Waals surface area contributed by atoms with Crippen LogP contribution < -0.4 is 31.9 Å². The number of nitro benzene ring substituents is 1. The summed E-state index contributed by atoms with van der Waals surface area (Å²) in [6.45, 7) is 5.81. The van der Waals surface area contributed by atoms with Gasteiger partial charge in [-0.25, -0.2) is 4.39 Å². The number of nitrogens with zero attached hydrogens (tertiary/aromatic N) is 1. The molecule has 6 N–H and O–H groups in total. The van der Waals surface area contributed by atoms with Gasteiger partial charge in [0, 0.05) is 53.9 Å². The summed E-state index contributed by atoms with van der Waals surface area (Å²) in [7, 11) is 8.71. The van der Waals surface area contributed by atoms with Crippen LogP contribution in [0.5, 0.6) is 0 Å². The molecule has 0 aliphatic rings. The number of hydrogen-bond donors (Lipinski definition) is 6. The molecule has 0 saturated heterocycles. The molecule has 0 fully saturated rings. The van der Waals surface area contributed by atoms with Gasteiger partial charge in [0.15, 0.2) is 0 Å². The lowest BCUT2D eigenvalue weighted by atomic mass is 10.1. The summed E-state index contributed by atoms with van der Waals surface area (Å²) >= 11 is 22.9. The second kappa shape index (κ2) is 38.8. The molecule has 0 aromatic heterocycles. The van der Waals surface area contributed by atoms with Gasteiger partial charge in [-0.15, -0.1) is 0 Å². The maximum atomic E-state index is 12.6. The SMILES string of the molecule is C.C.C.C.CNC(=O)c1c(C)cccc1Cl.CNC(=O)c1c(Cl)cccc1Cl.CNC(=O)c1cc(C(F)(F)F)ccc1Cl.CNC(=O)c1ccc(C)cc1C.CNC(=O)c1ccc(F)cc1C(F)(F)F.CNC(=O)c1ccccc1[N+](=O)[O-]. The Morgan fingerprint density at radius 2 is 0.855 bits per heavy atom. The summed E-state index contributed by atoms with van der Waals surface area (Å²) in [4.78, 5) is 76.9. The Balaban J connectivity index is -0.000000448. The van der Waals surface area contributed by atoms with Gasteiger partial charge in [-0.3, -0.25) is 38.9 Å². The first kappa shape index (κ1) is 81.7. The monoisotopic (exact) mass is 1250 g/mol. The molecule has 6 aromatic rings. The van der Waals surface area contributed by atoms with Crippen LogP contribution >= 0.6 is 46.4 Å². The number of para-hydroxylation sites is 1. The molecular formula is C57H68Cl4F7N7O8. The highest BCUT2D eigenvalue weighted by Crippen LogP contribution is 2.33. The fourth-order valence-electron chi connectivity index (χ4n) is 6.14. The molecule has 0 bridgehead atoms. The molecule has 456 valence electrons. The van der Waals surface area contributed by atoms with Crippen molar-refractivity contribution in [2.45, 2.75) is 62.8 Å². The zero-order valence-electron chi connectivity index (χ0n) is 43.3. The fourth-order valence-corrected chi connectivity index (χ4v) is 7.22. The lowest BCUT2D eigenvalue weighted by Crippen LogP contribution is -2.22. The number of halogens is 11.